The molecule has 1 unspecified atom stereocenters. The van der Waals surface area contributed by atoms with Crippen molar-refractivity contribution in [2.24, 2.45) is 0 Å². The third-order valence-electron chi connectivity index (χ3n) is 3.51. The number of nitrogens with one attached hydrogen (secondary N) is 1. The van der Waals surface area contributed by atoms with E-state index in [-0.39, 0.29) is 30.2 Å². The van der Waals surface area contributed by atoms with Gasteiger partial charge in [0.15, 0.2) is 0 Å². The van der Waals surface area contributed by atoms with Crippen LogP contribution in [0.1, 0.15) is 24.1 Å². The Kier molecular flexibility index (Phi) is 5.20. The second-order valence-corrected chi connectivity index (χ2v) is 5.20. The van der Waals surface area contributed by atoms with Crippen LogP contribution in [0.2, 0.25) is 0 Å². The molecule has 4 nitrogen and oxygen atoms in total. The average Bonchev–Trinajstić information content (AvgIpc) is 2.47. The van der Waals surface area contributed by atoms with Crippen molar-refractivity contribution in [3.63, 3.8) is 0 Å². The zero-order chi connectivity index (χ0) is 15.2. The summed E-state index contributed by atoms with van der Waals surface area (Å²) in [5, 5.41) is 32.0. The average molecular weight is 287 g/mol. The Hall–Kier alpha value is -2.04. The maximum absolute atomic E-state index is 9.87. The molecule has 0 saturated heterocycles. The molecule has 0 amide bonds. The quantitative estimate of drug-likeness (QED) is 0.658. The highest BCUT2D eigenvalue weighted by molar-refractivity contribution is 5.40. The summed E-state index contributed by atoms with van der Waals surface area (Å²) in [5.41, 5.74) is 1.84. The van der Waals surface area contributed by atoms with Crippen LogP contribution in [-0.2, 0) is 6.42 Å². The molecule has 0 aliphatic carbocycles. The predicted octanol–water partition coefficient (Wildman–Crippen LogP) is 2.35. The number of aliphatic hydroxyl groups excluding tert-OH is 1. The van der Waals surface area contributed by atoms with E-state index >= 15 is 0 Å². The van der Waals surface area contributed by atoms with E-state index < -0.39 is 0 Å². The third kappa shape index (κ3) is 4.21. The minimum absolute atomic E-state index is 0.0120. The molecule has 0 aliphatic rings. The summed E-state index contributed by atoms with van der Waals surface area (Å²) in [4.78, 5) is 0. The molecule has 2 aromatic rings. The van der Waals surface area contributed by atoms with Gasteiger partial charge in [0, 0.05) is 23.7 Å². The first-order valence-corrected chi connectivity index (χ1v) is 7.03. The molecular formula is C17H21NO3. The first-order chi connectivity index (χ1) is 10.1. The second-order valence-electron chi connectivity index (χ2n) is 5.20. The fraction of sp³-hybridized carbons (Fsp3) is 0.294. The fourth-order valence-electron chi connectivity index (χ4n) is 2.42. The highest BCUT2D eigenvalue weighted by atomic mass is 16.3. The minimum Gasteiger partial charge on any atom is -0.508 e. The number of hydrogen-bond donors (Lipinski definition) is 4. The van der Waals surface area contributed by atoms with E-state index in [1.807, 2.05) is 37.3 Å². The largest absolute Gasteiger partial charge is 0.508 e. The van der Waals surface area contributed by atoms with E-state index in [2.05, 4.69) is 5.32 Å². The number of rotatable bonds is 6. The molecule has 4 heteroatoms. The van der Waals surface area contributed by atoms with Crippen molar-refractivity contribution in [1.29, 1.82) is 0 Å². The van der Waals surface area contributed by atoms with Crippen molar-refractivity contribution in [1.82, 2.24) is 5.32 Å². The number of aromatic hydroxyl groups is 2. The van der Waals surface area contributed by atoms with Crippen LogP contribution >= 0.6 is 0 Å². The van der Waals surface area contributed by atoms with Crippen molar-refractivity contribution in [3.05, 3.63) is 59.7 Å². The molecule has 2 atom stereocenters. The van der Waals surface area contributed by atoms with Crippen LogP contribution in [0.5, 0.6) is 11.5 Å². The van der Waals surface area contributed by atoms with Gasteiger partial charge in [0.2, 0.25) is 0 Å². The molecule has 0 saturated carbocycles. The van der Waals surface area contributed by atoms with Crippen molar-refractivity contribution in [2.45, 2.75) is 25.4 Å². The summed E-state index contributed by atoms with van der Waals surface area (Å²) < 4.78 is 0. The van der Waals surface area contributed by atoms with Gasteiger partial charge in [-0.15, -0.1) is 0 Å². The van der Waals surface area contributed by atoms with Gasteiger partial charge in [-0.3, -0.25) is 0 Å². The summed E-state index contributed by atoms with van der Waals surface area (Å²) in [6.07, 6.45) is 0.709. The lowest BCUT2D eigenvalue weighted by Crippen LogP contribution is -2.36. The van der Waals surface area contributed by atoms with Crippen molar-refractivity contribution in [3.8, 4) is 11.5 Å². The van der Waals surface area contributed by atoms with Gasteiger partial charge in [-0.2, -0.15) is 0 Å². The molecule has 0 radical (unpaired) electrons. The van der Waals surface area contributed by atoms with Crippen LogP contribution in [0.4, 0.5) is 0 Å². The molecule has 112 valence electrons. The Morgan fingerprint density at radius 3 is 2.38 bits per heavy atom. The second kappa shape index (κ2) is 7.11. The number of phenols is 2. The molecule has 2 aromatic carbocycles. The maximum Gasteiger partial charge on any atom is 0.124 e. The molecular weight excluding hydrogens is 266 g/mol. The Morgan fingerprint density at radius 1 is 1.05 bits per heavy atom. The summed E-state index contributed by atoms with van der Waals surface area (Å²) in [6.45, 7) is 1.93. The topological polar surface area (TPSA) is 72.7 Å². The lowest BCUT2D eigenvalue weighted by Gasteiger charge is -2.23. The van der Waals surface area contributed by atoms with Crippen LogP contribution in [-0.4, -0.2) is 28.0 Å². The normalized spacial score (nSPS) is 13.8. The van der Waals surface area contributed by atoms with Crippen LogP contribution in [0.15, 0.2) is 48.5 Å². The minimum atomic E-state index is -0.133. The molecule has 0 fully saturated rings. The van der Waals surface area contributed by atoms with E-state index in [1.54, 1.807) is 12.1 Å². The molecule has 0 aliphatic heterocycles. The first kappa shape index (κ1) is 15.4. The molecule has 4 N–H and O–H groups in total. The Morgan fingerprint density at radius 2 is 1.76 bits per heavy atom. The molecule has 0 bridgehead atoms. The molecule has 0 heterocycles. The van der Waals surface area contributed by atoms with Gasteiger partial charge in [-0.25, -0.2) is 0 Å². The maximum atomic E-state index is 9.87. The van der Waals surface area contributed by atoms with Gasteiger partial charge >= 0.3 is 0 Å². The van der Waals surface area contributed by atoms with E-state index in [0.29, 0.717) is 12.0 Å². The first-order valence-electron chi connectivity index (χ1n) is 7.03. The zero-order valence-electron chi connectivity index (χ0n) is 12.0. The van der Waals surface area contributed by atoms with Crippen LogP contribution in [0.25, 0.3) is 0 Å². The lowest BCUT2D eigenvalue weighted by atomic mass is 10.0. The number of benzene rings is 2. The summed E-state index contributed by atoms with van der Waals surface area (Å²) in [6, 6.07) is 14.2. The Labute approximate surface area is 124 Å². The predicted molar refractivity (Wildman–Crippen MR) is 82.3 cm³/mol. The van der Waals surface area contributed by atoms with Gasteiger partial charge in [-0.05, 0) is 25.0 Å². The van der Waals surface area contributed by atoms with Crippen molar-refractivity contribution in [2.75, 3.05) is 6.61 Å². The molecule has 2 rings (SSSR count). The fourth-order valence-corrected chi connectivity index (χ4v) is 2.42. The third-order valence-corrected chi connectivity index (χ3v) is 3.51. The van der Waals surface area contributed by atoms with Gasteiger partial charge in [0.05, 0.1) is 6.61 Å². The van der Waals surface area contributed by atoms with Gasteiger partial charge in [0.1, 0.15) is 11.5 Å². The van der Waals surface area contributed by atoms with Crippen LogP contribution < -0.4 is 5.32 Å². The lowest BCUT2D eigenvalue weighted by molar-refractivity contribution is 0.232. The summed E-state index contributed by atoms with van der Waals surface area (Å²) >= 11 is 0. The van der Waals surface area contributed by atoms with E-state index in [9.17, 15) is 15.3 Å². The Bertz CT molecular complexity index is 572. The van der Waals surface area contributed by atoms with Gasteiger partial charge in [0.25, 0.3) is 0 Å². The zero-order valence-corrected chi connectivity index (χ0v) is 12.0. The summed E-state index contributed by atoms with van der Waals surface area (Å²) in [7, 11) is 0. The van der Waals surface area contributed by atoms with Gasteiger partial charge < -0.3 is 20.6 Å². The number of hydrogen-bond acceptors (Lipinski definition) is 4. The summed E-state index contributed by atoms with van der Waals surface area (Å²) in [5.74, 6) is 0.0813. The van der Waals surface area contributed by atoms with Crippen LogP contribution in [0, 0.1) is 0 Å². The monoisotopic (exact) mass is 287 g/mol. The number of aliphatic hydroxyl groups is 1. The van der Waals surface area contributed by atoms with E-state index in [1.165, 1.54) is 6.07 Å². The van der Waals surface area contributed by atoms with Gasteiger partial charge in [-0.1, -0.05) is 36.4 Å². The SMILES string of the molecule is CC(N[C@@H](CO)Cc1ccccc1)c1ccc(O)cc1O. The van der Waals surface area contributed by atoms with Crippen LogP contribution in [0.3, 0.4) is 0 Å². The molecule has 0 spiro atoms. The van der Waals surface area contributed by atoms with E-state index in [4.69, 9.17) is 0 Å². The molecule has 0 aromatic heterocycles. The van der Waals surface area contributed by atoms with Crippen molar-refractivity contribution >= 4 is 0 Å². The number of phenolic OH excluding ortho intramolecular Hbond substituents is 2. The standard InChI is InChI=1S/C17H21NO3/c1-12(16-8-7-15(20)10-17(16)21)18-14(11-19)9-13-5-3-2-4-6-13/h2-8,10,12,14,18-21H,9,11H2,1H3/t12?,14-/m1/s1. The highest BCUT2D eigenvalue weighted by Gasteiger charge is 2.16. The van der Waals surface area contributed by atoms with E-state index in [0.717, 1.165) is 5.56 Å². The highest BCUT2D eigenvalue weighted by Crippen LogP contribution is 2.28. The smallest absolute Gasteiger partial charge is 0.124 e. The Balaban J connectivity index is 2.04. The molecule has 21 heavy (non-hydrogen) atoms. The van der Waals surface area contributed by atoms with Crippen molar-refractivity contribution < 1.29 is 15.3 Å².